The van der Waals surface area contributed by atoms with Gasteiger partial charge in [-0.3, -0.25) is 4.79 Å². The molecule has 2 heterocycles. The van der Waals surface area contributed by atoms with Crippen molar-refractivity contribution >= 4 is 23.5 Å². The maximum absolute atomic E-state index is 12.1. The van der Waals surface area contributed by atoms with Crippen molar-refractivity contribution in [3.05, 3.63) is 53.3 Å². The summed E-state index contributed by atoms with van der Waals surface area (Å²) in [6.07, 6.45) is 5.99. The summed E-state index contributed by atoms with van der Waals surface area (Å²) < 4.78 is 0. The number of benzene rings is 1. The van der Waals surface area contributed by atoms with E-state index in [1.807, 2.05) is 18.2 Å². The van der Waals surface area contributed by atoms with Crippen molar-refractivity contribution in [2.24, 2.45) is 0 Å². The summed E-state index contributed by atoms with van der Waals surface area (Å²) in [5, 5.41) is 3.70. The molecule has 1 fully saturated rings. The molecule has 0 aliphatic carbocycles. The van der Waals surface area contributed by atoms with Gasteiger partial charge in [-0.25, -0.2) is 9.97 Å². The van der Waals surface area contributed by atoms with Gasteiger partial charge in [-0.05, 0) is 36.6 Å². The lowest BCUT2D eigenvalue weighted by atomic mass is 10.1. The predicted molar refractivity (Wildman–Crippen MR) is 90.6 cm³/mol. The summed E-state index contributed by atoms with van der Waals surface area (Å²) in [7, 11) is 0. The van der Waals surface area contributed by atoms with Crippen molar-refractivity contribution in [1.82, 2.24) is 15.3 Å². The van der Waals surface area contributed by atoms with E-state index in [0.717, 1.165) is 30.9 Å². The van der Waals surface area contributed by atoms with Crippen LogP contribution in [-0.4, -0.2) is 35.0 Å². The summed E-state index contributed by atoms with van der Waals surface area (Å²) in [5.41, 5.74) is 0.960. The van der Waals surface area contributed by atoms with Crippen molar-refractivity contribution in [1.29, 1.82) is 0 Å². The zero-order chi connectivity index (χ0) is 16.1. The highest BCUT2D eigenvalue weighted by Gasteiger charge is 2.26. The Morgan fingerprint density at radius 1 is 1.26 bits per heavy atom. The molecule has 0 radical (unpaired) electrons. The quantitative estimate of drug-likeness (QED) is 0.915. The number of halogens is 1. The average molecular weight is 331 g/mol. The summed E-state index contributed by atoms with van der Waals surface area (Å²) in [5.74, 6) is 0.759. The van der Waals surface area contributed by atoms with Gasteiger partial charge in [-0.2, -0.15) is 0 Å². The first-order valence-electron chi connectivity index (χ1n) is 7.77. The first-order valence-corrected chi connectivity index (χ1v) is 8.15. The Labute approximate surface area is 140 Å². The van der Waals surface area contributed by atoms with Crippen LogP contribution in [0.25, 0.3) is 0 Å². The van der Waals surface area contributed by atoms with E-state index in [4.69, 9.17) is 11.6 Å². The van der Waals surface area contributed by atoms with Crippen LogP contribution < -0.4 is 10.2 Å². The molecular formula is C17H19ClN4O. The third kappa shape index (κ3) is 4.20. The molecule has 1 saturated heterocycles. The largest absolute Gasteiger partial charge is 0.354 e. The predicted octanol–water partition coefficient (Wildman–Crippen LogP) is 2.46. The topological polar surface area (TPSA) is 58.1 Å². The number of nitrogens with zero attached hydrogens (tertiary/aromatic N) is 3. The Morgan fingerprint density at radius 3 is 2.74 bits per heavy atom. The van der Waals surface area contributed by atoms with E-state index in [9.17, 15) is 4.79 Å². The highest BCUT2D eigenvalue weighted by molar-refractivity contribution is 6.30. The summed E-state index contributed by atoms with van der Waals surface area (Å²) in [4.78, 5) is 22.9. The fraction of sp³-hybridized carbons (Fsp3) is 0.353. The lowest BCUT2D eigenvalue weighted by Gasteiger charge is -2.24. The molecule has 2 aromatic rings. The van der Waals surface area contributed by atoms with Crippen LogP contribution in [0.15, 0.2) is 42.7 Å². The minimum Gasteiger partial charge on any atom is -0.354 e. The van der Waals surface area contributed by atoms with Crippen LogP contribution in [0.5, 0.6) is 0 Å². The fourth-order valence-corrected chi connectivity index (χ4v) is 2.96. The van der Waals surface area contributed by atoms with Gasteiger partial charge in [0.15, 0.2) is 0 Å². The molecule has 6 heteroatoms. The Balaban J connectivity index is 1.53. The minimum absolute atomic E-state index is 0.0214. The highest BCUT2D eigenvalue weighted by atomic mass is 35.5. The Hall–Kier alpha value is -2.14. The molecule has 120 valence electrons. The normalized spacial score (nSPS) is 17.3. The molecule has 1 N–H and O–H groups in total. The van der Waals surface area contributed by atoms with E-state index < -0.39 is 0 Å². The van der Waals surface area contributed by atoms with Gasteiger partial charge in [-0.1, -0.05) is 23.7 Å². The van der Waals surface area contributed by atoms with Crippen LogP contribution in [0.1, 0.15) is 18.4 Å². The van der Waals surface area contributed by atoms with E-state index >= 15 is 0 Å². The number of amides is 1. The van der Waals surface area contributed by atoms with E-state index in [2.05, 4.69) is 20.2 Å². The number of carbonyl (C=O) groups excluding carboxylic acids is 1. The van der Waals surface area contributed by atoms with Gasteiger partial charge in [0.2, 0.25) is 11.9 Å². The van der Waals surface area contributed by atoms with Crippen molar-refractivity contribution in [2.45, 2.75) is 25.3 Å². The van der Waals surface area contributed by atoms with Crippen molar-refractivity contribution in [3.63, 3.8) is 0 Å². The molecule has 5 nitrogen and oxygen atoms in total. The number of aromatic nitrogens is 2. The zero-order valence-electron chi connectivity index (χ0n) is 12.8. The fourth-order valence-electron chi connectivity index (χ4n) is 2.83. The molecule has 1 aliphatic rings. The van der Waals surface area contributed by atoms with Gasteiger partial charge in [0.1, 0.15) is 0 Å². The van der Waals surface area contributed by atoms with Gasteiger partial charge in [0.25, 0.3) is 0 Å². The van der Waals surface area contributed by atoms with Crippen LogP contribution >= 0.6 is 11.6 Å². The number of carbonyl (C=O) groups is 1. The summed E-state index contributed by atoms with van der Waals surface area (Å²) in [6, 6.07) is 9.42. The van der Waals surface area contributed by atoms with E-state index in [1.165, 1.54) is 0 Å². The molecule has 23 heavy (non-hydrogen) atoms. The molecule has 1 aromatic carbocycles. The number of nitrogens with one attached hydrogen (secondary N) is 1. The molecule has 3 rings (SSSR count). The Morgan fingerprint density at radius 2 is 2.00 bits per heavy atom. The number of rotatable bonds is 5. The molecule has 1 aromatic heterocycles. The maximum atomic E-state index is 12.1. The second-order valence-corrected chi connectivity index (χ2v) is 6.08. The molecule has 0 saturated carbocycles. The molecule has 0 spiro atoms. The van der Waals surface area contributed by atoms with Crippen molar-refractivity contribution in [2.75, 3.05) is 18.0 Å². The molecule has 0 bridgehead atoms. The lowest BCUT2D eigenvalue weighted by molar-refractivity contribution is -0.120. The van der Waals surface area contributed by atoms with Gasteiger partial charge in [0, 0.05) is 36.5 Å². The van der Waals surface area contributed by atoms with Crippen LogP contribution in [0.4, 0.5) is 5.95 Å². The minimum atomic E-state index is 0.0214. The van der Waals surface area contributed by atoms with Gasteiger partial charge < -0.3 is 10.2 Å². The smallest absolute Gasteiger partial charge is 0.225 e. The standard InChI is InChI=1S/C17H19ClN4O/c18-14-6-4-13(5-7-14)11-16(23)21-12-15-3-1-10-22(15)17-19-8-2-9-20-17/h2,4-9,15H,1,3,10-12H2,(H,21,23). The molecule has 1 atom stereocenters. The van der Waals surface area contributed by atoms with Gasteiger partial charge >= 0.3 is 0 Å². The van der Waals surface area contributed by atoms with Crippen LogP contribution in [0.2, 0.25) is 5.02 Å². The highest BCUT2D eigenvalue weighted by Crippen LogP contribution is 2.21. The van der Waals surface area contributed by atoms with E-state index in [1.54, 1.807) is 24.5 Å². The van der Waals surface area contributed by atoms with Crippen LogP contribution in [0, 0.1) is 0 Å². The van der Waals surface area contributed by atoms with Gasteiger partial charge in [-0.15, -0.1) is 0 Å². The summed E-state index contributed by atoms with van der Waals surface area (Å²) >= 11 is 5.85. The second-order valence-electron chi connectivity index (χ2n) is 5.65. The Kier molecular flexibility index (Phi) is 5.08. The molecular weight excluding hydrogens is 312 g/mol. The van der Waals surface area contributed by atoms with E-state index in [0.29, 0.717) is 18.0 Å². The third-order valence-corrected chi connectivity index (χ3v) is 4.25. The number of hydrogen-bond donors (Lipinski definition) is 1. The van der Waals surface area contributed by atoms with Crippen LogP contribution in [-0.2, 0) is 11.2 Å². The van der Waals surface area contributed by atoms with Crippen LogP contribution in [0.3, 0.4) is 0 Å². The van der Waals surface area contributed by atoms with Crippen molar-refractivity contribution in [3.8, 4) is 0 Å². The number of anilines is 1. The monoisotopic (exact) mass is 330 g/mol. The first kappa shape index (κ1) is 15.7. The maximum Gasteiger partial charge on any atom is 0.225 e. The van der Waals surface area contributed by atoms with Gasteiger partial charge in [0.05, 0.1) is 6.42 Å². The zero-order valence-corrected chi connectivity index (χ0v) is 13.5. The lowest BCUT2D eigenvalue weighted by Crippen LogP contribution is -2.41. The number of hydrogen-bond acceptors (Lipinski definition) is 4. The second kappa shape index (κ2) is 7.42. The van der Waals surface area contributed by atoms with Crippen molar-refractivity contribution < 1.29 is 4.79 Å². The summed E-state index contributed by atoms with van der Waals surface area (Å²) in [6.45, 7) is 1.55. The SMILES string of the molecule is O=C(Cc1ccc(Cl)cc1)NCC1CCCN1c1ncccn1. The van der Waals surface area contributed by atoms with E-state index in [-0.39, 0.29) is 11.9 Å². The Bertz CT molecular complexity index is 647. The average Bonchev–Trinajstić information content (AvgIpc) is 3.04. The third-order valence-electron chi connectivity index (χ3n) is 4.00. The molecule has 1 aliphatic heterocycles. The molecule has 1 amide bonds. The molecule has 1 unspecified atom stereocenters. The first-order chi connectivity index (χ1) is 11.2.